The summed E-state index contributed by atoms with van der Waals surface area (Å²) >= 11 is 2.06. The Morgan fingerprint density at radius 2 is 1.75 bits per heavy atom. The van der Waals surface area contributed by atoms with E-state index in [9.17, 15) is 13.6 Å². The highest BCUT2D eigenvalue weighted by Crippen LogP contribution is 2.27. The molecule has 2 rings (SSSR count). The zero-order chi connectivity index (χ0) is 17.5. The average Bonchev–Trinajstić information content (AvgIpc) is 2.56. The molecule has 1 atom stereocenters. The van der Waals surface area contributed by atoms with Gasteiger partial charge in [-0.25, -0.2) is 0 Å². The first-order chi connectivity index (χ1) is 11.5. The molecule has 0 aliphatic heterocycles. The molecule has 0 bridgehead atoms. The Balaban J connectivity index is 1.96. The summed E-state index contributed by atoms with van der Waals surface area (Å²) in [7, 11) is 0. The molecule has 0 aliphatic carbocycles. The molecule has 0 spiro atoms. The smallest absolute Gasteiger partial charge is 0.288 e. The van der Waals surface area contributed by atoms with E-state index in [1.165, 1.54) is 0 Å². The Morgan fingerprint density at radius 1 is 1.08 bits per heavy atom. The number of amides is 1. The van der Waals surface area contributed by atoms with Gasteiger partial charge in [0, 0.05) is 15.5 Å². The number of thioether (sulfide) groups is 2. The summed E-state index contributed by atoms with van der Waals surface area (Å²) in [6.45, 7) is 1.75. The van der Waals surface area contributed by atoms with Crippen LogP contribution in [0.4, 0.5) is 20.2 Å². The van der Waals surface area contributed by atoms with Crippen molar-refractivity contribution in [1.82, 2.24) is 0 Å². The molecule has 0 radical (unpaired) electrons. The molecule has 7 heteroatoms. The molecular formula is C17H18F2N2OS2. The molecule has 0 heterocycles. The van der Waals surface area contributed by atoms with Crippen molar-refractivity contribution >= 4 is 40.8 Å². The van der Waals surface area contributed by atoms with Crippen molar-refractivity contribution in [3.8, 4) is 0 Å². The Bertz CT molecular complexity index is 681. The molecule has 128 valence electrons. The van der Waals surface area contributed by atoms with Gasteiger partial charge in [0.1, 0.15) is 6.04 Å². The molecule has 2 aromatic rings. The standard InChI is InChI=1S/C17H18F2N2OS2/c1-11(16(22)21-14-5-3-4-6-15(14)23-2)20-12-7-9-13(10-8-12)24-17(18)19/h3-11,17,20H,1-2H3,(H,21,22)/t11-/m0/s1. The first kappa shape index (κ1) is 18.6. The van der Waals surface area contributed by atoms with Gasteiger partial charge in [-0.15, -0.1) is 11.8 Å². The Labute approximate surface area is 148 Å². The molecule has 0 saturated heterocycles. The Hall–Kier alpha value is -1.73. The highest BCUT2D eigenvalue weighted by molar-refractivity contribution is 7.99. The Morgan fingerprint density at radius 3 is 2.38 bits per heavy atom. The van der Waals surface area contributed by atoms with Crippen LogP contribution in [0.2, 0.25) is 0 Å². The monoisotopic (exact) mass is 368 g/mol. The number of halogens is 2. The summed E-state index contributed by atoms with van der Waals surface area (Å²) in [5, 5.41) is 5.96. The van der Waals surface area contributed by atoms with Crippen molar-refractivity contribution in [3.05, 3.63) is 48.5 Å². The zero-order valence-corrected chi connectivity index (χ0v) is 14.9. The van der Waals surface area contributed by atoms with Crippen LogP contribution in [0.3, 0.4) is 0 Å². The van der Waals surface area contributed by atoms with Gasteiger partial charge in [-0.1, -0.05) is 23.9 Å². The normalized spacial score (nSPS) is 12.0. The van der Waals surface area contributed by atoms with Crippen LogP contribution < -0.4 is 10.6 Å². The second-order valence-corrected chi connectivity index (χ2v) is 6.87. The highest BCUT2D eigenvalue weighted by Gasteiger charge is 2.14. The van der Waals surface area contributed by atoms with Crippen LogP contribution in [0.5, 0.6) is 0 Å². The third kappa shape index (κ3) is 5.42. The fourth-order valence-corrected chi connectivity index (χ4v) is 3.09. The van der Waals surface area contributed by atoms with E-state index in [1.54, 1.807) is 43.0 Å². The van der Waals surface area contributed by atoms with Crippen LogP contribution in [-0.2, 0) is 4.79 Å². The van der Waals surface area contributed by atoms with Crippen LogP contribution in [0.1, 0.15) is 6.92 Å². The van der Waals surface area contributed by atoms with Gasteiger partial charge in [0.25, 0.3) is 5.76 Å². The number of hydrogen-bond acceptors (Lipinski definition) is 4. The third-order valence-electron chi connectivity index (χ3n) is 3.22. The molecule has 24 heavy (non-hydrogen) atoms. The summed E-state index contributed by atoms with van der Waals surface area (Å²) in [5.74, 6) is -2.60. The lowest BCUT2D eigenvalue weighted by Gasteiger charge is -2.16. The fraction of sp³-hybridized carbons (Fsp3) is 0.235. The maximum Gasteiger partial charge on any atom is 0.288 e. The highest BCUT2D eigenvalue weighted by atomic mass is 32.2. The van der Waals surface area contributed by atoms with Crippen LogP contribution in [0.25, 0.3) is 0 Å². The van der Waals surface area contributed by atoms with Gasteiger partial charge < -0.3 is 10.6 Å². The molecule has 0 aromatic heterocycles. The fourth-order valence-electron chi connectivity index (χ4n) is 2.04. The minimum atomic E-state index is -2.44. The SMILES string of the molecule is CSc1ccccc1NC(=O)[C@H](C)Nc1ccc(SC(F)F)cc1. The van der Waals surface area contributed by atoms with Crippen molar-refractivity contribution in [2.45, 2.75) is 28.5 Å². The second-order valence-electron chi connectivity index (χ2n) is 4.96. The molecule has 2 aromatic carbocycles. The van der Waals surface area contributed by atoms with Crippen molar-refractivity contribution in [2.24, 2.45) is 0 Å². The molecule has 3 nitrogen and oxygen atoms in total. The zero-order valence-electron chi connectivity index (χ0n) is 13.3. The molecule has 0 aliphatic rings. The van der Waals surface area contributed by atoms with E-state index >= 15 is 0 Å². The number of nitrogens with one attached hydrogen (secondary N) is 2. The summed E-state index contributed by atoms with van der Waals surface area (Å²) in [6, 6.07) is 13.7. The van der Waals surface area contributed by atoms with E-state index in [1.807, 2.05) is 30.5 Å². The second kappa shape index (κ2) is 8.94. The molecule has 0 fully saturated rings. The first-order valence-corrected chi connectivity index (χ1v) is 9.35. The van der Waals surface area contributed by atoms with Gasteiger partial charge in [-0.05, 0) is 49.6 Å². The van der Waals surface area contributed by atoms with Crippen molar-refractivity contribution in [2.75, 3.05) is 16.9 Å². The lowest BCUT2D eigenvalue weighted by Crippen LogP contribution is -2.32. The third-order valence-corrected chi connectivity index (χ3v) is 4.74. The maximum atomic E-state index is 12.3. The predicted molar refractivity (Wildman–Crippen MR) is 98.2 cm³/mol. The molecule has 0 unspecified atom stereocenters. The topological polar surface area (TPSA) is 41.1 Å². The summed E-state index contributed by atoms with van der Waals surface area (Å²) < 4.78 is 24.6. The van der Waals surface area contributed by atoms with E-state index in [0.29, 0.717) is 22.3 Å². The minimum absolute atomic E-state index is 0.164. The lowest BCUT2D eigenvalue weighted by atomic mass is 10.2. The van der Waals surface area contributed by atoms with Gasteiger partial charge in [0.2, 0.25) is 5.91 Å². The van der Waals surface area contributed by atoms with Crippen molar-refractivity contribution in [1.29, 1.82) is 0 Å². The lowest BCUT2D eigenvalue weighted by molar-refractivity contribution is -0.116. The first-order valence-electron chi connectivity index (χ1n) is 7.25. The maximum absolute atomic E-state index is 12.3. The van der Waals surface area contributed by atoms with E-state index in [0.717, 1.165) is 10.6 Å². The van der Waals surface area contributed by atoms with E-state index in [-0.39, 0.29) is 5.91 Å². The number of benzene rings is 2. The number of alkyl halides is 2. The van der Waals surface area contributed by atoms with Crippen LogP contribution in [0, 0.1) is 0 Å². The summed E-state index contributed by atoms with van der Waals surface area (Å²) in [4.78, 5) is 13.8. The van der Waals surface area contributed by atoms with E-state index in [2.05, 4.69) is 10.6 Å². The number of carbonyl (C=O) groups is 1. The van der Waals surface area contributed by atoms with Gasteiger partial charge in [0.05, 0.1) is 5.69 Å². The summed E-state index contributed by atoms with van der Waals surface area (Å²) in [5.41, 5.74) is 1.47. The van der Waals surface area contributed by atoms with Crippen molar-refractivity contribution < 1.29 is 13.6 Å². The number of anilines is 2. The average molecular weight is 368 g/mol. The van der Waals surface area contributed by atoms with E-state index < -0.39 is 11.8 Å². The largest absolute Gasteiger partial charge is 0.374 e. The minimum Gasteiger partial charge on any atom is -0.374 e. The van der Waals surface area contributed by atoms with Crippen LogP contribution in [-0.4, -0.2) is 24.0 Å². The number of carbonyl (C=O) groups excluding carboxylic acids is 1. The van der Waals surface area contributed by atoms with Gasteiger partial charge in [-0.2, -0.15) is 8.78 Å². The molecule has 2 N–H and O–H groups in total. The van der Waals surface area contributed by atoms with Crippen LogP contribution in [0.15, 0.2) is 58.3 Å². The molecular weight excluding hydrogens is 350 g/mol. The number of rotatable bonds is 7. The van der Waals surface area contributed by atoms with Crippen molar-refractivity contribution in [3.63, 3.8) is 0 Å². The van der Waals surface area contributed by atoms with Gasteiger partial charge in [0.15, 0.2) is 0 Å². The quantitative estimate of drug-likeness (QED) is 0.662. The van der Waals surface area contributed by atoms with Crippen LogP contribution >= 0.6 is 23.5 Å². The van der Waals surface area contributed by atoms with E-state index in [4.69, 9.17) is 0 Å². The molecule has 0 saturated carbocycles. The van der Waals surface area contributed by atoms with Gasteiger partial charge >= 0.3 is 0 Å². The number of hydrogen-bond donors (Lipinski definition) is 2. The summed E-state index contributed by atoms with van der Waals surface area (Å²) in [6.07, 6.45) is 1.95. The predicted octanol–water partition coefficient (Wildman–Crippen LogP) is 5.16. The Kier molecular flexibility index (Phi) is 6.93. The van der Waals surface area contributed by atoms with Gasteiger partial charge in [-0.3, -0.25) is 4.79 Å². The molecule has 1 amide bonds. The number of para-hydroxylation sites is 1.